The van der Waals surface area contributed by atoms with E-state index in [-0.39, 0.29) is 11.9 Å². The molecule has 4 heteroatoms. The van der Waals surface area contributed by atoms with Crippen molar-refractivity contribution < 1.29 is 4.79 Å². The van der Waals surface area contributed by atoms with Crippen LogP contribution < -0.4 is 10.6 Å². The summed E-state index contributed by atoms with van der Waals surface area (Å²) in [6.07, 6.45) is 5.90. The molecule has 0 radical (unpaired) electrons. The normalized spacial score (nSPS) is 21.1. The molecule has 2 rings (SSSR count). The maximum absolute atomic E-state index is 11.7. The monoisotopic (exact) mass is 267 g/mol. The van der Waals surface area contributed by atoms with Crippen molar-refractivity contribution in [1.82, 2.24) is 15.5 Å². The van der Waals surface area contributed by atoms with Gasteiger partial charge in [0.2, 0.25) is 5.91 Å². The molecule has 1 aliphatic heterocycles. The van der Waals surface area contributed by atoms with Gasteiger partial charge in [0.05, 0.1) is 0 Å². The summed E-state index contributed by atoms with van der Waals surface area (Å²) in [5, 5.41) is 6.41. The van der Waals surface area contributed by atoms with Crippen molar-refractivity contribution in [3.63, 3.8) is 0 Å². The van der Waals surface area contributed by atoms with Gasteiger partial charge in [-0.3, -0.25) is 9.69 Å². The van der Waals surface area contributed by atoms with E-state index in [0.29, 0.717) is 6.42 Å². The Morgan fingerprint density at radius 2 is 1.95 bits per heavy atom. The average molecular weight is 267 g/mol. The summed E-state index contributed by atoms with van der Waals surface area (Å²) in [5.41, 5.74) is 0. The van der Waals surface area contributed by atoms with E-state index in [1.807, 2.05) is 13.8 Å². The molecule has 0 spiro atoms. The number of amides is 1. The van der Waals surface area contributed by atoms with Crippen molar-refractivity contribution in [1.29, 1.82) is 0 Å². The molecule has 1 amide bonds. The van der Waals surface area contributed by atoms with Gasteiger partial charge in [-0.15, -0.1) is 0 Å². The molecule has 0 aromatic carbocycles. The highest BCUT2D eigenvalue weighted by molar-refractivity contribution is 5.76. The Bertz CT molecular complexity index is 283. The van der Waals surface area contributed by atoms with E-state index in [4.69, 9.17) is 0 Å². The quantitative estimate of drug-likeness (QED) is 0.732. The maximum Gasteiger partial charge on any atom is 0.221 e. The molecule has 1 aliphatic carbocycles. The number of nitrogens with zero attached hydrogens (tertiary/aromatic N) is 1. The van der Waals surface area contributed by atoms with Crippen LogP contribution in [-0.4, -0.2) is 49.1 Å². The minimum atomic E-state index is 0.200. The van der Waals surface area contributed by atoms with Gasteiger partial charge in [0.1, 0.15) is 0 Å². The molecule has 1 saturated carbocycles. The molecule has 110 valence electrons. The van der Waals surface area contributed by atoms with Crippen LogP contribution in [0.25, 0.3) is 0 Å². The number of piperidine rings is 1. The van der Waals surface area contributed by atoms with Crippen LogP contribution in [-0.2, 0) is 4.79 Å². The molecule has 2 N–H and O–H groups in total. The zero-order chi connectivity index (χ0) is 13.7. The maximum atomic E-state index is 11.7. The Morgan fingerprint density at radius 3 is 2.53 bits per heavy atom. The van der Waals surface area contributed by atoms with Crippen LogP contribution in [0.4, 0.5) is 0 Å². The molecule has 1 heterocycles. The fraction of sp³-hybridized carbons (Fsp3) is 0.933. The van der Waals surface area contributed by atoms with Crippen LogP contribution in [0.5, 0.6) is 0 Å². The van der Waals surface area contributed by atoms with E-state index in [2.05, 4.69) is 15.5 Å². The fourth-order valence-electron chi connectivity index (χ4n) is 2.90. The first-order chi connectivity index (χ1) is 9.15. The second kappa shape index (κ2) is 7.25. The molecule has 2 fully saturated rings. The third kappa shape index (κ3) is 5.49. The van der Waals surface area contributed by atoms with E-state index >= 15 is 0 Å². The van der Waals surface area contributed by atoms with Crippen molar-refractivity contribution in [3.05, 3.63) is 0 Å². The topological polar surface area (TPSA) is 44.4 Å². The lowest BCUT2D eigenvalue weighted by Crippen LogP contribution is -2.39. The Labute approximate surface area is 117 Å². The first kappa shape index (κ1) is 14.8. The van der Waals surface area contributed by atoms with Gasteiger partial charge >= 0.3 is 0 Å². The van der Waals surface area contributed by atoms with Crippen LogP contribution in [0.1, 0.15) is 46.0 Å². The van der Waals surface area contributed by atoms with E-state index in [1.54, 1.807) is 0 Å². The molecular formula is C15H29N3O. The van der Waals surface area contributed by atoms with Gasteiger partial charge in [-0.1, -0.05) is 0 Å². The smallest absolute Gasteiger partial charge is 0.221 e. The second-order valence-electron chi connectivity index (χ2n) is 6.39. The molecule has 0 bridgehead atoms. The lowest BCUT2D eigenvalue weighted by atomic mass is 9.97. The minimum absolute atomic E-state index is 0.200. The third-order valence-corrected chi connectivity index (χ3v) is 4.09. The van der Waals surface area contributed by atoms with Gasteiger partial charge in [0.25, 0.3) is 0 Å². The lowest BCUT2D eigenvalue weighted by molar-refractivity contribution is -0.122. The molecule has 19 heavy (non-hydrogen) atoms. The van der Waals surface area contributed by atoms with E-state index in [9.17, 15) is 4.79 Å². The predicted octanol–water partition coefficient (Wildman–Crippen LogP) is 1.37. The number of hydrogen-bond donors (Lipinski definition) is 2. The van der Waals surface area contributed by atoms with Crippen molar-refractivity contribution in [2.24, 2.45) is 5.92 Å². The summed E-state index contributed by atoms with van der Waals surface area (Å²) in [5.74, 6) is 1.03. The van der Waals surface area contributed by atoms with E-state index in [0.717, 1.165) is 31.6 Å². The van der Waals surface area contributed by atoms with Crippen LogP contribution >= 0.6 is 0 Å². The zero-order valence-corrected chi connectivity index (χ0v) is 12.5. The molecule has 4 nitrogen and oxygen atoms in total. The molecule has 0 unspecified atom stereocenters. The highest BCUT2D eigenvalue weighted by Crippen LogP contribution is 2.28. The fourth-order valence-corrected chi connectivity index (χ4v) is 2.90. The summed E-state index contributed by atoms with van der Waals surface area (Å²) in [6.45, 7) is 8.50. The standard InChI is InChI=1S/C15H29N3O/c1-12(2)17-15(19)7-10-18(14-3-4-14)11-13-5-8-16-9-6-13/h12-14,16H,3-11H2,1-2H3,(H,17,19). The number of rotatable bonds is 7. The van der Waals surface area contributed by atoms with Gasteiger partial charge in [0.15, 0.2) is 0 Å². The number of carbonyl (C=O) groups is 1. The van der Waals surface area contributed by atoms with Crippen LogP contribution in [0, 0.1) is 5.92 Å². The summed E-state index contributed by atoms with van der Waals surface area (Å²) in [4.78, 5) is 14.3. The highest BCUT2D eigenvalue weighted by Gasteiger charge is 2.30. The van der Waals surface area contributed by atoms with Gasteiger partial charge in [-0.25, -0.2) is 0 Å². The van der Waals surface area contributed by atoms with Gasteiger partial charge in [-0.05, 0) is 58.5 Å². The third-order valence-electron chi connectivity index (χ3n) is 4.09. The molecule has 0 aromatic heterocycles. The Hall–Kier alpha value is -0.610. The molecule has 0 atom stereocenters. The first-order valence-corrected chi connectivity index (χ1v) is 7.89. The summed E-state index contributed by atoms with van der Waals surface area (Å²) in [7, 11) is 0. The number of hydrogen-bond acceptors (Lipinski definition) is 3. The molecule has 0 aromatic rings. The molecular weight excluding hydrogens is 238 g/mol. The van der Waals surface area contributed by atoms with E-state index < -0.39 is 0 Å². The summed E-state index contributed by atoms with van der Waals surface area (Å²) >= 11 is 0. The zero-order valence-electron chi connectivity index (χ0n) is 12.5. The summed E-state index contributed by atoms with van der Waals surface area (Å²) < 4.78 is 0. The van der Waals surface area contributed by atoms with E-state index in [1.165, 1.54) is 32.2 Å². The SMILES string of the molecule is CC(C)NC(=O)CCN(CC1CCNCC1)C1CC1. The Balaban J connectivity index is 1.71. The van der Waals surface area contributed by atoms with Crippen LogP contribution in [0.3, 0.4) is 0 Å². The van der Waals surface area contributed by atoms with Gasteiger partial charge in [-0.2, -0.15) is 0 Å². The second-order valence-corrected chi connectivity index (χ2v) is 6.39. The van der Waals surface area contributed by atoms with Crippen LogP contribution in [0.2, 0.25) is 0 Å². The van der Waals surface area contributed by atoms with Gasteiger partial charge < -0.3 is 10.6 Å². The number of carbonyl (C=O) groups excluding carboxylic acids is 1. The Morgan fingerprint density at radius 1 is 1.26 bits per heavy atom. The molecule has 2 aliphatic rings. The van der Waals surface area contributed by atoms with Crippen molar-refractivity contribution >= 4 is 5.91 Å². The van der Waals surface area contributed by atoms with Gasteiger partial charge in [0, 0.05) is 31.6 Å². The van der Waals surface area contributed by atoms with Crippen molar-refractivity contribution in [2.75, 3.05) is 26.2 Å². The number of nitrogens with one attached hydrogen (secondary N) is 2. The summed E-state index contributed by atoms with van der Waals surface area (Å²) in [6, 6.07) is 1.02. The first-order valence-electron chi connectivity index (χ1n) is 7.89. The molecule has 1 saturated heterocycles. The van der Waals surface area contributed by atoms with Crippen molar-refractivity contribution in [3.8, 4) is 0 Å². The lowest BCUT2D eigenvalue weighted by Gasteiger charge is -2.30. The van der Waals surface area contributed by atoms with Crippen LogP contribution in [0.15, 0.2) is 0 Å². The average Bonchev–Trinajstić information content (AvgIpc) is 3.19. The largest absolute Gasteiger partial charge is 0.354 e. The Kier molecular flexibility index (Phi) is 5.64. The highest BCUT2D eigenvalue weighted by atomic mass is 16.1. The minimum Gasteiger partial charge on any atom is -0.354 e. The van der Waals surface area contributed by atoms with Crippen molar-refractivity contribution in [2.45, 2.75) is 58.0 Å². The predicted molar refractivity (Wildman–Crippen MR) is 78.1 cm³/mol.